The van der Waals surface area contributed by atoms with Crippen LogP contribution < -0.4 is 20.1 Å². The van der Waals surface area contributed by atoms with Gasteiger partial charge >= 0.3 is 0 Å². The summed E-state index contributed by atoms with van der Waals surface area (Å²) in [7, 11) is 3.48. The quantitative estimate of drug-likeness (QED) is 0.833. The van der Waals surface area contributed by atoms with Gasteiger partial charge in [0.05, 0.1) is 7.11 Å². The lowest BCUT2D eigenvalue weighted by Gasteiger charge is -2.21. The van der Waals surface area contributed by atoms with E-state index in [1.807, 2.05) is 46.0 Å². The molecule has 0 aromatic heterocycles. The van der Waals surface area contributed by atoms with Crippen LogP contribution in [0.15, 0.2) is 18.2 Å². The van der Waals surface area contributed by atoms with E-state index in [4.69, 9.17) is 9.47 Å². The number of rotatable bonds is 6. The molecule has 1 amide bonds. The van der Waals surface area contributed by atoms with Gasteiger partial charge in [-0.25, -0.2) is 0 Å². The first-order chi connectivity index (χ1) is 9.35. The molecule has 0 aliphatic carbocycles. The molecule has 0 fully saturated rings. The van der Waals surface area contributed by atoms with Crippen LogP contribution >= 0.6 is 0 Å². The Hall–Kier alpha value is -1.75. The van der Waals surface area contributed by atoms with Crippen molar-refractivity contribution in [1.29, 1.82) is 0 Å². The predicted molar refractivity (Wildman–Crippen MR) is 79.1 cm³/mol. The van der Waals surface area contributed by atoms with Crippen LogP contribution in [-0.4, -0.2) is 32.2 Å². The van der Waals surface area contributed by atoms with E-state index in [-0.39, 0.29) is 18.1 Å². The molecule has 0 saturated heterocycles. The third-order valence-corrected chi connectivity index (χ3v) is 2.51. The molecule has 2 N–H and O–H groups in total. The molecular formula is C15H24N2O3. The van der Waals surface area contributed by atoms with Crippen LogP contribution in [0.25, 0.3) is 0 Å². The molecule has 0 atom stereocenters. The minimum absolute atomic E-state index is 0.000311. The van der Waals surface area contributed by atoms with Gasteiger partial charge < -0.3 is 20.1 Å². The van der Waals surface area contributed by atoms with Crippen molar-refractivity contribution in [2.45, 2.75) is 32.9 Å². The highest BCUT2D eigenvalue weighted by atomic mass is 16.5. The van der Waals surface area contributed by atoms with Crippen molar-refractivity contribution in [1.82, 2.24) is 10.6 Å². The van der Waals surface area contributed by atoms with Gasteiger partial charge in [-0.15, -0.1) is 0 Å². The van der Waals surface area contributed by atoms with Gasteiger partial charge in [-0.1, -0.05) is 0 Å². The van der Waals surface area contributed by atoms with Crippen LogP contribution in [-0.2, 0) is 11.3 Å². The lowest BCUT2D eigenvalue weighted by molar-refractivity contribution is -0.124. The minimum atomic E-state index is -0.256. The van der Waals surface area contributed by atoms with E-state index >= 15 is 0 Å². The predicted octanol–water partition coefficient (Wildman–Crippen LogP) is 1.71. The van der Waals surface area contributed by atoms with Crippen molar-refractivity contribution in [3.8, 4) is 11.5 Å². The Morgan fingerprint density at radius 1 is 1.30 bits per heavy atom. The van der Waals surface area contributed by atoms with E-state index in [9.17, 15) is 4.79 Å². The Morgan fingerprint density at radius 3 is 2.55 bits per heavy atom. The van der Waals surface area contributed by atoms with Crippen LogP contribution in [0.2, 0.25) is 0 Å². The van der Waals surface area contributed by atoms with Crippen molar-refractivity contribution in [3.05, 3.63) is 23.8 Å². The van der Waals surface area contributed by atoms with E-state index < -0.39 is 0 Å². The first-order valence-corrected chi connectivity index (χ1v) is 6.61. The average molecular weight is 280 g/mol. The highest BCUT2D eigenvalue weighted by Gasteiger charge is 2.14. The van der Waals surface area contributed by atoms with Crippen molar-refractivity contribution in [3.63, 3.8) is 0 Å². The molecule has 0 aliphatic rings. The van der Waals surface area contributed by atoms with Gasteiger partial charge in [0.1, 0.15) is 11.5 Å². The number of carbonyl (C=O) groups is 1. The molecule has 0 heterocycles. The van der Waals surface area contributed by atoms with E-state index in [1.165, 1.54) is 0 Å². The molecule has 5 nitrogen and oxygen atoms in total. The van der Waals surface area contributed by atoms with Gasteiger partial charge in [-0.2, -0.15) is 0 Å². The highest BCUT2D eigenvalue weighted by Crippen LogP contribution is 2.24. The zero-order valence-electron chi connectivity index (χ0n) is 12.9. The number of hydrogen-bond donors (Lipinski definition) is 2. The number of carbonyl (C=O) groups excluding carboxylic acids is 1. The second kappa shape index (κ2) is 7.14. The van der Waals surface area contributed by atoms with Crippen LogP contribution in [0.4, 0.5) is 0 Å². The van der Waals surface area contributed by atoms with Crippen LogP contribution in [0.5, 0.6) is 11.5 Å². The summed E-state index contributed by atoms with van der Waals surface area (Å²) < 4.78 is 10.8. The van der Waals surface area contributed by atoms with Gasteiger partial charge in [0.15, 0.2) is 6.61 Å². The fraction of sp³-hybridized carbons (Fsp3) is 0.533. The molecule has 0 aliphatic heterocycles. The van der Waals surface area contributed by atoms with Gasteiger partial charge in [0.2, 0.25) is 0 Å². The van der Waals surface area contributed by atoms with Crippen molar-refractivity contribution in [2.75, 3.05) is 20.8 Å². The number of benzene rings is 1. The minimum Gasteiger partial charge on any atom is -0.497 e. The van der Waals surface area contributed by atoms with Crippen LogP contribution in [0.1, 0.15) is 26.3 Å². The van der Waals surface area contributed by atoms with Gasteiger partial charge in [-0.3, -0.25) is 4.79 Å². The Labute approximate surface area is 120 Å². The average Bonchev–Trinajstić information content (AvgIpc) is 2.35. The number of methoxy groups -OCH3 is 1. The lowest BCUT2D eigenvalue weighted by Crippen LogP contribution is -2.43. The lowest BCUT2D eigenvalue weighted by atomic mass is 10.1. The van der Waals surface area contributed by atoms with Crippen LogP contribution in [0.3, 0.4) is 0 Å². The number of ether oxygens (including phenoxy) is 2. The summed E-state index contributed by atoms with van der Waals surface area (Å²) in [5.74, 6) is 1.31. The summed E-state index contributed by atoms with van der Waals surface area (Å²) in [6.45, 7) is 6.45. The molecule has 20 heavy (non-hydrogen) atoms. The molecule has 1 rings (SSSR count). The van der Waals surface area contributed by atoms with Gasteiger partial charge in [0, 0.05) is 17.6 Å². The number of hydrogen-bond acceptors (Lipinski definition) is 4. The fourth-order valence-electron chi connectivity index (χ4n) is 1.75. The molecule has 0 saturated carbocycles. The van der Waals surface area contributed by atoms with Crippen molar-refractivity contribution >= 4 is 5.91 Å². The van der Waals surface area contributed by atoms with Crippen LogP contribution in [0, 0.1) is 0 Å². The summed E-state index contributed by atoms with van der Waals surface area (Å²) in [4.78, 5) is 11.7. The van der Waals surface area contributed by atoms with E-state index in [2.05, 4.69) is 10.6 Å². The zero-order chi connectivity index (χ0) is 15.2. The highest BCUT2D eigenvalue weighted by molar-refractivity contribution is 5.78. The summed E-state index contributed by atoms with van der Waals surface area (Å²) >= 11 is 0. The summed E-state index contributed by atoms with van der Waals surface area (Å²) in [5, 5.41) is 5.92. The molecule has 0 spiro atoms. The van der Waals surface area contributed by atoms with Crippen molar-refractivity contribution in [2.24, 2.45) is 0 Å². The monoisotopic (exact) mass is 280 g/mol. The standard InChI is InChI=1S/C15H24N2O3/c1-15(2,3)17-14(18)10-20-13-7-6-12(19-5)8-11(13)9-16-4/h6-8,16H,9-10H2,1-5H3,(H,17,18). The molecule has 0 bridgehead atoms. The molecule has 5 heteroatoms. The summed E-state index contributed by atoms with van der Waals surface area (Å²) in [6.07, 6.45) is 0. The fourth-order valence-corrected chi connectivity index (χ4v) is 1.75. The van der Waals surface area contributed by atoms with Gasteiger partial charge in [0.25, 0.3) is 5.91 Å². The summed E-state index contributed by atoms with van der Waals surface area (Å²) in [6, 6.07) is 5.53. The topological polar surface area (TPSA) is 59.6 Å². The maximum atomic E-state index is 11.7. The first kappa shape index (κ1) is 16.3. The largest absolute Gasteiger partial charge is 0.497 e. The van der Waals surface area contributed by atoms with Gasteiger partial charge in [-0.05, 0) is 46.0 Å². The Bertz CT molecular complexity index is 453. The van der Waals surface area contributed by atoms with E-state index in [0.29, 0.717) is 12.3 Å². The van der Waals surface area contributed by atoms with E-state index in [1.54, 1.807) is 7.11 Å². The molecule has 1 aromatic rings. The molecular weight excluding hydrogens is 256 g/mol. The third kappa shape index (κ3) is 5.48. The smallest absolute Gasteiger partial charge is 0.258 e. The second-order valence-corrected chi connectivity index (χ2v) is 5.59. The van der Waals surface area contributed by atoms with E-state index in [0.717, 1.165) is 11.3 Å². The Kier molecular flexibility index (Phi) is 5.82. The molecule has 0 radical (unpaired) electrons. The molecule has 1 aromatic carbocycles. The SMILES string of the molecule is CNCc1cc(OC)ccc1OCC(=O)NC(C)(C)C. The Morgan fingerprint density at radius 2 is 2.00 bits per heavy atom. The first-order valence-electron chi connectivity index (χ1n) is 6.61. The zero-order valence-corrected chi connectivity index (χ0v) is 12.9. The maximum Gasteiger partial charge on any atom is 0.258 e. The summed E-state index contributed by atoms with van der Waals surface area (Å²) in [5.41, 5.74) is 0.698. The number of nitrogens with one attached hydrogen (secondary N) is 2. The number of amides is 1. The Balaban J connectivity index is 2.69. The second-order valence-electron chi connectivity index (χ2n) is 5.59. The third-order valence-electron chi connectivity index (χ3n) is 2.51. The van der Waals surface area contributed by atoms with Crippen molar-refractivity contribution < 1.29 is 14.3 Å². The maximum absolute atomic E-state index is 11.7. The molecule has 0 unspecified atom stereocenters. The molecule has 112 valence electrons. The normalized spacial score (nSPS) is 11.1.